The van der Waals surface area contributed by atoms with Gasteiger partial charge in [-0.2, -0.15) is 0 Å². The van der Waals surface area contributed by atoms with Crippen molar-refractivity contribution < 1.29 is 14.3 Å². The number of nitrogens with zero attached hydrogens (tertiary/aromatic N) is 1. The molecule has 0 aliphatic carbocycles. The lowest BCUT2D eigenvalue weighted by Crippen LogP contribution is -2.07. The van der Waals surface area contributed by atoms with Crippen molar-refractivity contribution in [2.75, 3.05) is 6.61 Å². The van der Waals surface area contributed by atoms with Crippen molar-refractivity contribution in [2.45, 2.75) is 33.3 Å². The Morgan fingerprint density at radius 1 is 1.38 bits per heavy atom. The van der Waals surface area contributed by atoms with Crippen LogP contribution in [0, 0.1) is 0 Å². The number of aromatic nitrogens is 1. The van der Waals surface area contributed by atoms with Crippen LogP contribution in [0.1, 0.15) is 26.5 Å². The second-order valence-electron chi connectivity index (χ2n) is 4.82. The lowest BCUT2D eigenvalue weighted by atomic mass is 10.2. The van der Waals surface area contributed by atoms with Gasteiger partial charge in [-0.1, -0.05) is 12.1 Å². The fraction of sp³-hybridized carbons (Fsp3) is 0.375. The fourth-order valence-electron chi connectivity index (χ4n) is 1.86. The summed E-state index contributed by atoms with van der Waals surface area (Å²) in [7, 11) is 0. The number of esters is 1. The second kappa shape index (κ2) is 7.22. The highest BCUT2D eigenvalue weighted by atomic mass is 32.1. The largest absolute Gasteiger partial charge is 0.491 e. The number of ether oxygens (including phenoxy) is 2. The molecule has 4 nitrogen and oxygen atoms in total. The smallest absolute Gasteiger partial charge is 0.311 e. The van der Waals surface area contributed by atoms with E-state index in [2.05, 4.69) is 4.98 Å². The van der Waals surface area contributed by atoms with Gasteiger partial charge in [-0.15, -0.1) is 11.3 Å². The normalized spacial score (nSPS) is 10.7. The zero-order valence-electron chi connectivity index (χ0n) is 12.5. The summed E-state index contributed by atoms with van der Waals surface area (Å²) >= 11 is 1.52. The van der Waals surface area contributed by atoms with Gasteiger partial charge in [-0.05, 0) is 32.9 Å². The van der Waals surface area contributed by atoms with E-state index in [-0.39, 0.29) is 18.5 Å². The molecule has 1 aromatic carbocycles. The van der Waals surface area contributed by atoms with E-state index < -0.39 is 0 Å². The first-order valence-electron chi connectivity index (χ1n) is 6.95. The van der Waals surface area contributed by atoms with E-state index in [4.69, 9.17) is 9.47 Å². The minimum Gasteiger partial charge on any atom is -0.491 e. The van der Waals surface area contributed by atoms with Gasteiger partial charge in [0.25, 0.3) is 0 Å². The average Bonchev–Trinajstić information content (AvgIpc) is 2.87. The molecule has 1 heterocycles. The molecule has 5 heteroatoms. The molecule has 2 rings (SSSR count). The van der Waals surface area contributed by atoms with Crippen molar-refractivity contribution in [3.63, 3.8) is 0 Å². The molecule has 1 aromatic heterocycles. The van der Waals surface area contributed by atoms with Gasteiger partial charge in [-0.3, -0.25) is 4.79 Å². The molecule has 0 radical (unpaired) electrons. The van der Waals surface area contributed by atoms with E-state index in [0.29, 0.717) is 6.61 Å². The zero-order valence-corrected chi connectivity index (χ0v) is 13.3. The topological polar surface area (TPSA) is 48.4 Å². The van der Waals surface area contributed by atoms with Gasteiger partial charge < -0.3 is 9.47 Å². The minimum atomic E-state index is -0.244. The summed E-state index contributed by atoms with van der Waals surface area (Å²) in [6.07, 6.45) is 0.350. The number of benzene rings is 1. The summed E-state index contributed by atoms with van der Waals surface area (Å²) in [6.45, 7) is 6.18. The molecular weight excluding hydrogens is 286 g/mol. The summed E-state index contributed by atoms with van der Waals surface area (Å²) in [4.78, 5) is 15.9. The van der Waals surface area contributed by atoms with Crippen LogP contribution in [0.2, 0.25) is 0 Å². The predicted octanol–water partition coefficient (Wildman–Crippen LogP) is 3.70. The summed E-state index contributed by atoms with van der Waals surface area (Å²) in [5.74, 6) is 0.580. The number of carbonyl (C=O) groups excluding carboxylic acids is 1. The van der Waals surface area contributed by atoms with Crippen LogP contribution in [0.25, 0.3) is 10.6 Å². The third-order valence-corrected chi connectivity index (χ3v) is 3.58. The van der Waals surface area contributed by atoms with Crippen molar-refractivity contribution in [3.8, 4) is 16.3 Å². The molecular formula is C16H19NO3S. The summed E-state index contributed by atoms with van der Waals surface area (Å²) in [5, 5.41) is 2.77. The Balaban J connectivity index is 2.12. The highest BCUT2D eigenvalue weighted by Crippen LogP contribution is 2.27. The maximum atomic E-state index is 11.5. The number of hydrogen-bond acceptors (Lipinski definition) is 5. The molecule has 0 N–H and O–H groups in total. The highest BCUT2D eigenvalue weighted by Gasteiger charge is 2.10. The molecule has 2 aromatic rings. The Hall–Kier alpha value is -1.88. The Morgan fingerprint density at radius 2 is 2.19 bits per heavy atom. The number of rotatable bonds is 6. The van der Waals surface area contributed by atoms with E-state index in [9.17, 15) is 4.79 Å². The molecule has 0 aliphatic rings. The predicted molar refractivity (Wildman–Crippen MR) is 83.7 cm³/mol. The molecule has 21 heavy (non-hydrogen) atoms. The van der Waals surface area contributed by atoms with Gasteiger partial charge in [-0.25, -0.2) is 4.98 Å². The number of hydrogen-bond donors (Lipinski definition) is 0. The maximum absolute atomic E-state index is 11.5. The van der Waals surface area contributed by atoms with Gasteiger partial charge in [0, 0.05) is 10.9 Å². The van der Waals surface area contributed by atoms with Crippen LogP contribution in [-0.2, 0) is 16.0 Å². The first-order valence-corrected chi connectivity index (χ1v) is 7.83. The lowest BCUT2D eigenvalue weighted by molar-refractivity contribution is -0.142. The van der Waals surface area contributed by atoms with Gasteiger partial charge in [0.1, 0.15) is 10.8 Å². The summed E-state index contributed by atoms with van der Waals surface area (Å²) < 4.78 is 10.6. The van der Waals surface area contributed by atoms with Crippen molar-refractivity contribution in [1.29, 1.82) is 0 Å². The Kier molecular flexibility index (Phi) is 5.33. The molecule has 0 aliphatic heterocycles. The molecule has 0 bridgehead atoms. The Bertz CT molecular complexity index is 607. The fourth-order valence-corrected chi connectivity index (χ4v) is 2.67. The maximum Gasteiger partial charge on any atom is 0.311 e. The molecule has 0 fully saturated rings. The quantitative estimate of drug-likeness (QED) is 0.763. The Labute approximate surface area is 128 Å². The standard InChI is InChI=1S/C16H19NO3S/c1-4-19-15(18)9-13-10-21-16(17-13)12-6-5-7-14(8-12)20-11(2)3/h5-8,10-11H,4,9H2,1-3H3. The molecule has 112 valence electrons. The SMILES string of the molecule is CCOC(=O)Cc1csc(-c2cccc(OC(C)C)c2)n1. The summed E-state index contributed by atoms with van der Waals surface area (Å²) in [6, 6.07) is 7.82. The van der Waals surface area contributed by atoms with E-state index in [1.54, 1.807) is 6.92 Å². The number of carbonyl (C=O) groups is 1. The molecule has 0 saturated heterocycles. The minimum absolute atomic E-state index is 0.135. The third-order valence-electron chi connectivity index (χ3n) is 2.64. The second-order valence-corrected chi connectivity index (χ2v) is 5.68. The van der Waals surface area contributed by atoms with E-state index >= 15 is 0 Å². The van der Waals surface area contributed by atoms with Crippen LogP contribution >= 0.6 is 11.3 Å². The van der Waals surface area contributed by atoms with Crippen molar-refractivity contribution >= 4 is 17.3 Å². The number of thiazole rings is 1. The van der Waals surface area contributed by atoms with Gasteiger partial charge in [0.2, 0.25) is 0 Å². The van der Waals surface area contributed by atoms with Gasteiger partial charge in [0.05, 0.1) is 24.8 Å². The van der Waals surface area contributed by atoms with Gasteiger partial charge >= 0.3 is 5.97 Å². The van der Waals surface area contributed by atoms with Crippen molar-refractivity contribution in [1.82, 2.24) is 4.98 Å². The highest BCUT2D eigenvalue weighted by molar-refractivity contribution is 7.13. The zero-order chi connectivity index (χ0) is 15.2. The van der Waals surface area contributed by atoms with E-state index in [0.717, 1.165) is 22.0 Å². The molecule has 0 atom stereocenters. The monoisotopic (exact) mass is 305 g/mol. The molecule has 0 saturated carbocycles. The first-order chi connectivity index (χ1) is 10.1. The van der Waals surface area contributed by atoms with Crippen LogP contribution < -0.4 is 4.74 Å². The average molecular weight is 305 g/mol. The van der Waals surface area contributed by atoms with Crippen LogP contribution in [0.15, 0.2) is 29.6 Å². The molecule has 0 spiro atoms. The van der Waals surface area contributed by atoms with Crippen molar-refractivity contribution in [3.05, 3.63) is 35.3 Å². The molecule has 0 amide bonds. The summed E-state index contributed by atoms with van der Waals surface area (Å²) in [5.41, 5.74) is 1.73. The van der Waals surface area contributed by atoms with Crippen LogP contribution in [-0.4, -0.2) is 23.7 Å². The van der Waals surface area contributed by atoms with E-state index in [1.807, 2.05) is 43.5 Å². The van der Waals surface area contributed by atoms with Crippen LogP contribution in [0.4, 0.5) is 0 Å². The Morgan fingerprint density at radius 3 is 2.90 bits per heavy atom. The third kappa shape index (κ3) is 4.56. The van der Waals surface area contributed by atoms with Crippen LogP contribution in [0.5, 0.6) is 5.75 Å². The first kappa shape index (κ1) is 15.5. The van der Waals surface area contributed by atoms with Crippen molar-refractivity contribution in [2.24, 2.45) is 0 Å². The lowest BCUT2D eigenvalue weighted by Gasteiger charge is -2.10. The van der Waals surface area contributed by atoms with E-state index in [1.165, 1.54) is 11.3 Å². The molecule has 0 unspecified atom stereocenters. The van der Waals surface area contributed by atoms with Gasteiger partial charge in [0.15, 0.2) is 0 Å². The van der Waals surface area contributed by atoms with Crippen LogP contribution in [0.3, 0.4) is 0 Å².